The number of nitrogens with one attached hydrogen (secondary N) is 2. The van der Waals surface area contributed by atoms with Gasteiger partial charge in [0.25, 0.3) is 0 Å². The van der Waals surface area contributed by atoms with Crippen molar-refractivity contribution >= 4 is 31.6 Å². The lowest BCUT2D eigenvalue weighted by molar-refractivity contribution is -0.120. The third-order valence-electron chi connectivity index (χ3n) is 10.3. The van der Waals surface area contributed by atoms with E-state index < -0.39 is 20.0 Å². The van der Waals surface area contributed by atoms with Crippen LogP contribution in [0.25, 0.3) is 0 Å². The maximum Gasteiger partial charge on any atom is 0.209 e. The summed E-state index contributed by atoms with van der Waals surface area (Å²) in [5, 5.41) is 0. The minimum atomic E-state index is -3.40. The van der Waals surface area contributed by atoms with E-state index in [4.69, 9.17) is 18.9 Å². The Morgan fingerprint density at radius 3 is 1.40 bits per heavy atom. The number of carbonyl (C=O) groups excluding carboxylic acids is 2. The second kappa shape index (κ2) is 23.6. The highest BCUT2D eigenvalue weighted by atomic mass is 32.2. The number of benzene rings is 4. The molecule has 2 N–H and O–H groups in total. The fourth-order valence-electron chi connectivity index (χ4n) is 6.40. The van der Waals surface area contributed by atoms with Gasteiger partial charge in [0.1, 0.15) is 36.2 Å². The molecule has 4 rings (SSSR count). The maximum atomic E-state index is 11.8. The van der Waals surface area contributed by atoms with Gasteiger partial charge >= 0.3 is 0 Å². The Morgan fingerprint density at radius 2 is 0.968 bits per heavy atom. The number of carbonyl (C=O) groups is 2. The molecule has 0 heterocycles. The molecule has 62 heavy (non-hydrogen) atoms. The lowest BCUT2D eigenvalue weighted by Gasteiger charge is -2.28. The highest BCUT2D eigenvalue weighted by Crippen LogP contribution is 2.37. The average Bonchev–Trinajstić information content (AvgIpc) is 3.21. The Labute approximate surface area is 370 Å². The van der Waals surface area contributed by atoms with Crippen molar-refractivity contribution < 1.29 is 45.4 Å². The molecule has 0 bridgehead atoms. The Bertz CT molecular complexity index is 2290. The lowest BCUT2D eigenvalue weighted by Crippen LogP contribution is -2.31. The number of hydrogen-bond acceptors (Lipinski definition) is 10. The zero-order valence-corrected chi connectivity index (χ0v) is 39.7. The van der Waals surface area contributed by atoms with Gasteiger partial charge in [-0.1, -0.05) is 96.8 Å². The maximum absolute atomic E-state index is 11.8. The van der Waals surface area contributed by atoms with Crippen LogP contribution in [0.5, 0.6) is 23.0 Å². The number of ketones is 2. The molecule has 12 nitrogen and oxygen atoms in total. The number of unbranched alkanes of at least 4 members (excludes halogenated alkanes) is 2. The zero-order chi connectivity index (χ0) is 46.1. The van der Waals surface area contributed by atoms with E-state index in [1.165, 1.54) is 16.7 Å². The van der Waals surface area contributed by atoms with Gasteiger partial charge in [0.05, 0.1) is 38.8 Å². The van der Waals surface area contributed by atoms with Gasteiger partial charge in [-0.05, 0) is 103 Å². The van der Waals surface area contributed by atoms with E-state index in [2.05, 4.69) is 89.1 Å². The van der Waals surface area contributed by atoms with Crippen molar-refractivity contribution in [3.8, 4) is 23.0 Å². The molecule has 4 aromatic carbocycles. The van der Waals surface area contributed by atoms with Crippen LogP contribution in [-0.2, 0) is 40.5 Å². The molecule has 4 aromatic rings. The van der Waals surface area contributed by atoms with Gasteiger partial charge in [0, 0.05) is 10.8 Å². The molecule has 0 amide bonds. The number of Topliss-reactive ketones (excluding diaryl/α,β-unsaturated/α-hetero) is 2. The van der Waals surface area contributed by atoms with Crippen molar-refractivity contribution in [2.24, 2.45) is 0 Å². The molecule has 0 saturated heterocycles. The number of aryl methyl sites for hydroxylation is 2. The third-order valence-corrected chi connectivity index (χ3v) is 11.6. The molecule has 0 atom stereocenters. The molecule has 0 fully saturated rings. The van der Waals surface area contributed by atoms with Gasteiger partial charge in [-0.2, -0.15) is 0 Å². The molecule has 340 valence electrons. The molecule has 14 heteroatoms. The van der Waals surface area contributed by atoms with Crippen LogP contribution < -0.4 is 28.4 Å². The molecule has 0 saturated carbocycles. The summed E-state index contributed by atoms with van der Waals surface area (Å²) in [6.07, 6.45) is 6.32. The van der Waals surface area contributed by atoms with Crippen LogP contribution in [0, 0.1) is 13.8 Å². The van der Waals surface area contributed by atoms with Crippen LogP contribution in [0.1, 0.15) is 101 Å². The van der Waals surface area contributed by atoms with Crippen molar-refractivity contribution in [1.82, 2.24) is 9.44 Å². The van der Waals surface area contributed by atoms with E-state index in [0.717, 1.165) is 79.6 Å². The van der Waals surface area contributed by atoms with Crippen LogP contribution in [0.15, 0.2) is 84.9 Å². The molecule has 0 aromatic heterocycles. The molecule has 0 radical (unpaired) electrons. The summed E-state index contributed by atoms with van der Waals surface area (Å²) in [4.78, 5) is 23.5. The van der Waals surface area contributed by atoms with Gasteiger partial charge in [-0.15, -0.1) is 0 Å². The smallest absolute Gasteiger partial charge is 0.209 e. The van der Waals surface area contributed by atoms with E-state index in [0.29, 0.717) is 11.5 Å². The highest BCUT2D eigenvalue weighted by molar-refractivity contribution is 7.89. The van der Waals surface area contributed by atoms with Gasteiger partial charge in [0.15, 0.2) is 11.6 Å². The predicted molar refractivity (Wildman–Crippen MR) is 247 cm³/mol. The van der Waals surface area contributed by atoms with Crippen LogP contribution in [0.2, 0.25) is 0 Å². The van der Waals surface area contributed by atoms with Crippen molar-refractivity contribution in [1.29, 1.82) is 0 Å². The first kappa shape index (κ1) is 51.6. The molecule has 0 aliphatic carbocycles. The van der Waals surface area contributed by atoms with Crippen LogP contribution in [0.4, 0.5) is 0 Å². The van der Waals surface area contributed by atoms with Gasteiger partial charge in [0.2, 0.25) is 20.0 Å². The first-order valence-corrected chi connectivity index (χ1v) is 24.7. The molecule has 0 unspecified atom stereocenters. The van der Waals surface area contributed by atoms with Crippen LogP contribution >= 0.6 is 0 Å². The quantitative estimate of drug-likeness (QED) is 0.0660. The van der Waals surface area contributed by atoms with Gasteiger partial charge < -0.3 is 18.9 Å². The molecule has 0 aliphatic heterocycles. The normalized spacial score (nSPS) is 11.9. The predicted octanol–water partition coefficient (Wildman–Crippen LogP) is 7.99. The first-order valence-electron chi connectivity index (χ1n) is 20.9. The summed E-state index contributed by atoms with van der Waals surface area (Å²) in [6.45, 7) is 17.6. The Balaban J connectivity index is 0.000000330. The van der Waals surface area contributed by atoms with Gasteiger partial charge in [-0.3, -0.25) is 9.59 Å². The van der Waals surface area contributed by atoms with Crippen molar-refractivity contribution in [3.05, 3.63) is 118 Å². The van der Waals surface area contributed by atoms with E-state index in [9.17, 15) is 26.4 Å². The fourth-order valence-corrected chi connectivity index (χ4v) is 7.25. The summed E-state index contributed by atoms with van der Waals surface area (Å²) in [6, 6.07) is 27.8. The monoisotopic (exact) mass is 894 g/mol. The molecular weight excluding hydrogens is 829 g/mol. The van der Waals surface area contributed by atoms with E-state index in [1.54, 1.807) is 0 Å². The number of hydrogen-bond donors (Lipinski definition) is 2. The number of ether oxygens (including phenoxy) is 4. The summed E-state index contributed by atoms with van der Waals surface area (Å²) < 4.78 is 71.2. The number of rotatable bonds is 24. The minimum absolute atomic E-state index is 0.191. The zero-order valence-electron chi connectivity index (χ0n) is 38.1. The topological polar surface area (TPSA) is 163 Å². The van der Waals surface area contributed by atoms with Crippen molar-refractivity contribution in [2.45, 2.75) is 91.9 Å². The minimum Gasteiger partial charge on any atom is -0.494 e. The SMILES string of the molecule is CCCCOc1ccc(C(C)(C)c2ccc(OCC(=O)CNS(C)(=O)=O)cc2)c(C)c1.CCCCOc1ccc(C(C)(C)c2ccc(OCC(=O)CNS(C)(=O)=O)cc2)cc1C. The Hall–Kier alpha value is -4.76. The standard InChI is InChI=1S/2C24H33NO5S/c1-6-7-14-29-23-13-10-20(15-18(23)2)24(3,4)19-8-11-22(12-9-19)30-17-21(26)16-25-31(5,27)28;1-6-7-14-29-22-12-13-23(18(2)15-22)24(3,4)19-8-10-21(11-9-19)30-17-20(26)16-25-31(5,27)28/h2*8-13,15,25H,6-7,14,16-17H2,1-5H3. The van der Waals surface area contributed by atoms with E-state index in [-0.39, 0.29) is 48.7 Å². The molecule has 0 spiro atoms. The summed E-state index contributed by atoms with van der Waals surface area (Å²) >= 11 is 0. The highest BCUT2D eigenvalue weighted by Gasteiger charge is 2.26. The molecule has 0 aliphatic rings. The number of sulfonamides is 2. The van der Waals surface area contributed by atoms with Gasteiger partial charge in [-0.25, -0.2) is 26.3 Å². The van der Waals surface area contributed by atoms with Crippen molar-refractivity contribution in [2.75, 3.05) is 52.0 Å². The Kier molecular flexibility index (Phi) is 19.7. The van der Waals surface area contributed by atoms with Crippen molar-refractivity contribution in [3.63, 3.8) is 0 Å². The van der Waals surface area contributed by atoms with Crippen LogP contribution in [0.3, 0.4) is 0 Å². The molecular formula is C48H66N2O10S2. The summed E-state index contributed by atoms with van der Waals surface area (Å²) in [5.74, 6) is 2.25. The summed E-state index contributed by atoms with van der Waals surface area (Å²) in [7, 11) is -6.79. The van der Waals surface area contributed by atoms with E-state index >= 15 is 0 Å². The largest absolute Gasteiger partial charge is 0.494 e. The average molecular weight is 895 g/mol. The van der Waals surface area contributed by atoms with E-state index in [1.807, 2.05) is 60.7 Å². The first-order chi connectivity index (χ1) is 29.1. The second-order valence-corrected chi connectivity index (χ2v) is 20.2. The van der Waals surface area contributed by atoms with Crippen LogP contribution in [-0.4, -0.2) is 80.4 Å². The summed E-state index contributed by atoms with van der Waals surface area (Å²) in [5.41, 5.74) is 6.47. The lowest BCUT2D eigenvalue weighted by atomic mass is 9.76. The fraction of sp³-hybridized carbons (Fsp3) is 0.458. The Morgan fingerprint density at radius 1 is 0.532 bits per heavy atom. The second-order valence-electron chi connectivity index (χ2n) is 16.5. The third kappa shape index (κ3) is 17.2.